The molecule has 3 heterocycles. The zero-order chi connectivity index (χ0) is 20.2. The molecule has 1 aliphatic rings. The SMILES string of the molecule is O=C(c1ccc(=O)n(Cc2ccccc2)n1)N1CCN(C(=O)c2ccco2)CC1. The highest BCUT2D eigenvalue weighted by molar-refractivity contribution is 5.93. The Balaban J connectivity index is 1.43. The van der Waals surface area contributed by atoms with Crippen LogP contribution in [-0.2, 0) is 6.54 Å². The summed E-state index contributed by atoms with van der Waals surface area (Å²) in [6, 6.07) is 15.6. The number of amides is 2. The van der Waals surface area contributed by atoms with Crippen molar-refractivity contribution in [3.8, 4) is 0 Å². The van der Waals surface area contributed by atoms with Crippen molar-refractivity contribution in [2.24, 2.45) is 0 Å². The molecule has 0 atom stereocenters. The van der Waals surface area contributed by atoms with E-state index in [0.717, 1.165) is 5.56 Å². The first kappa shape index (κ1) is 18.7. The van der Waals surface area contributed by atoms with Gasteiger partial charge in [-0.2, -0.15) is 5.10 Å². The Bertz CT molecular complexity index is 1050. The molecular formula is C21H20N4O4. The lowest BCUT2D eigenvalue weighted by molar-refractivity contribution is 0.0514. The van der Waals surface area contributed by atoms with E-state index in [1.807, 2.05) is 30.3 Å². The van der Waals surface area contributed by atoms with Crippen LogP contribution in [0.1, 0.15) is 26.6 Å². The van der Waals surface area contributed by atoms with Crippen molar-refractivity contribution in [2.45, 2.75) is 6.54 Å². The third-order valence-electron chi connectivity index (χ3n) is 4.85. The maximum absolute atomic E-state index is 12.8. The maximum Gasteiger partial charge on any atom is 0.289 e. The van der Waals surface area contributed by atoms with Crippen LogP contribution >= 0.6 is 0 Å². The van der Waals surface area contributed by atoms with Gasteiger partial charge < -0.3 is 14.2 Å². The number of carbonyl (C=O) groups excluding carboxylic acids is 2. The van der Waals surface area contributed by atoms with E-state index >= 15 is 0 Å². The predicted octanol–water partition coefficient (Wildman–Crippen LogP) is 1.48. The molecule has 2 amide bonds. The molecule has 0 saturated carbocycles. The molecule has 2 aromatic heterocycles. The van der Waals surface area contributed by atoms with Crippen molar-refractivity contribution in [1.82, 2.24) is 19.6 Å². The van der Waals surface area contributed by atoms with Crippen LogP contribution in [-0.4, -0.2) is 57.6 Å². The van der Waals surface area contributed by atoms with Crippen LogP contribution in [0.2, 0.25) is 0 Å². The summed E-state index contributed by atoms with van der Waals surface area (Å²) in [5.74, 6) is -0.145. The highest BCUT2D eigenvalue weighted by Crippen LogP contribution is 2.11. The normalized spacial score (nSPS) is 14.1. The molecule has 0 spiro atoms. The smallest absolute Gasteiger partial charge is 0.289 e. The lowest BCUT2D eigenvalue weighted by atomic mass is 10.2. The van der Waals surface area contributed by atoms with Crippen molar-refractivity contribution < 1.29 is 14.0 Å². The van der Waals surface area contributed by atoms with Gasteiger partial charge in [0.1, 0.15) is 5.69 Å². The molecule has 4 rings (SSSR count). The van der Waals surface area contributed by atoms with Crippen molar-refractivity contribution in [3.63, 3.8) is 0 Å². The van der Waals surface area contributed by atoms with Crippen molar-refractivity contribution in [2.75, 3.05) is 26.2 Å². The van der Waals surface area contributed by atoms with E-state index in [0.29, 0.717) is 38.5 Å². The molecule has 0 radical (unpaired) electrons. The fourth-order valence-corrected chi connectivity index (χ4v) is 3.26. The van der Waals surface area contributed by atoms with Gasteiger partial charge in [0.05, 0.1) is 12.8 Å². The first-order valence-corrected chi connectivity index (χ1v) is 9.36. The van der Waals surface area contributed by atoms with Gasteiger partial charge in [-0.3, -0.25) is 14.4 Å². The third kappa shape index (κ3) is 4.11. The number of aromatic nitrogens is 2. The van der Waals surface area contributed by atoms with E-state index in [2.05, 4.69) is 5.10 Å². The minimum Gasteiger partial charge on any atom is -0.459 e. The Kier molecular flexibility index (Phi) is 5.24. The molecule has 8 heteroatoms. The number of benzene rings is 1. The highest BCUT2D eigenvalue weighted by atomic mass is 16.3. The summed E-state index contributed by atoms with van der Waals surface area (Å²) < 4.78 is 6.44. The van der Waals surface area contributed by atoms with E-state index in [1.54, 1.807) is 21.9 Å². The second kappa shape index (κ2) is 8.14. The fraction of sp³-hybridized carbons (Fsp3) is 0.238. The van der Waals surface area contributed by atoms with Crippen LogP contribution in [0.5, 0.6) is 0 Å². The van der Waals surface area contributed by atoms with Gasteiger partial charge in [0, 0.05) is 32.2 Å². The van der Waals surface area contributed by atoms with Gasteiger partial charge in [0.25, 0.3) is 17.4 Å². The van der Waals surface area contributed by atoms with E-state index in [1.165, 1.54) is 23.1 Å². The van der Waals surface area contributed by atoms with Gasteiger partial charge in [0.15, 0.2) is 5.76 Å². The summed E-state index contributed by atoms with van der Waals surface area (Å²) in [7, 11) is 0. The summed E-state index contributed by atoms with van der Waals surface area (Å²) in [5, 5.41) is 4.25. The summed E-state index contributed by atoms with van der Waals surface area (Å²) in [6.07, 6.45) is 1.46. The quantitative estimate of drug-likeness (QED) is 0.671. The van der Waals surface area contributed by atoms with E-state index in [-0.39, 0.29) is 23.1 Å². The molecule has 8 nitrogen and oxygen atoms in total. The monoisotopic (exact) mass is 392 g/mol. The molecule has 1 aromatic carbocycles. The van der Waals surface area contributed by atoms with Crippen LogP contribution in [0.3, 0.4) is 0 Å². The van der Waals surface area contributed by atoms with E-state index in [4.69, 9.17) is 4.42 Å². The van der Waals surface area contributed by atoms with Gasteiger partial charge in [-0.1, -0.05) is 30.3 Å². The Morgan fingerprint density at radius 2 is 1.55 bits per heavy atom. The van der Waals surface area contributed by atoms with Crippen molar-refractivity contribution in [1.29, 1.82) is 0 Å². The van der Waals surface area contributed by atoms with E-state index in [9.17, 15) is 14.4 Å². The zero-order valence-electron chi connectivity index (χ0n) is 15.7. The molecule has 0 N–H and O–H groups in total. The molecule has 29 heavy (non-hydrogen) atoms. The minimum atomic E-state index is -0.265. The summed E-state index contributed by atoms with van der Waals surface area (Å²) in [5.41, 5.74) is 0.877. The number of carbonyl (C=O) groups is 2. The number of nitrogens with zero attached hydrogens (tertiary/aromatic N) is 4. The van der Waals surface area contributed by atoms with E-state index < -0.39 is 0 Å². The predicted molar refractivity (Wildman–Crippen MR) is 105 cm³/mol. The van der Waals surface area contributed by atoms with Crippen LogP contribution in [0, 0.1) is 0 Å². The van der Waals surface area contributed by atoms with Crippen molar-refractivity contribution in [3.05, 3.63) is 88.2 Å². The van der Waals surface area contributed by atoms with Gasteiger partial charge in [0.2, 0.25) is 0 Å². The lowest BCUT2D eigenvalue weighted by Crippen LogP contribution is -2.50. The largest absolute Gasteiger partial charge is 0.459 e. The summed E-state index contributed by atoms with van der Waals surface area (Å²) in [4.78, 5) is 40.6. The lowest BCUT2D eigenvalue weighted by Gasteiger charge is -2.34. The molecule has 3 aromatic rings. The number of piperazine rings is 1. The Hall–Kier alpha value is -3.68. The highest BCUT2D eigenvalue weighted by Gasteiger charge is 2.27. The second-order valence-electron chi connectivity index (χ2n) is 6.76. The first-order valence-electron chi connectivity index (χ1n) is 9.36. The third-order valence-corrected chi connectivity index (χ3v) is 4.85. The first-order chi connectivity index (χ1) is 14.1. The Labute approximate surface area is 167 Å². The Morgan fingerprint density at radius 1 is 0.862 bits per heavy atom. The number of hydrogen-bond donors (Lipinski definition) is 0. The molecular weight excluding hydrogens is 372 g/mol. The molecule has 1 aliphatic heterocycles. The topological polar surface area (TPSA) is 88.7 Å². The van der Waals surface area contributed by atoms with Crippen LogP contribution in [0.25, 0.3) is 0 Å². The minimum absolute atomic E-state index is 0.184. The molecule has 0 aliphatic carbocycles. The summed E-state index contributed by atoms with van der Waals surface area (Å²) in [6.45, 7) is 1.91. The van der Waals surface area contributed by atoms with Gasteiger partial charge in [-0.05, 0) is 23.8 Å². The average molecular weight is 392 g/mol. The molecule has 0 bridgehead atoms. The standard InChI is InChI=1S/C21H20N4O4/c26-19-9-8-17(22-25(19)15-16-5-2-1-3-6-16)20(27)23-10-12-24(13-11-23)21(28)18-7-4-14-29-18/h1-9,14H,10-13,15H2. The van der Waals surface area contributed by atoms with Crippen LogP contribution in [0.4, 0.5) is 0 Å². The second-order valence-corrected chi connectivity index (χ2v) is 6.76. The number of furan rings is 1. The average Bonchev–Trinajstić information content (AvgIpc) is 3.30. The van der Waals surface area contributed by atoms with Gasteiger partial charge in [-0.25, -0.2) is 4.68 Å². The van der Waals surface area contributed by atoms with Crippen LogP contribution in [0.15, 0.2) is 70.1 Å². The molecule has 1 fully saturated rings. The number of hydrogen-bond acceptors (Lipinski definition) is 5. The Morgan fingerprint density at radius 3 is 2.21 bits per heavy atom. The molecule has 148 valence electrons. The van der Waals surface area contributed by atoms with Gasteiger partial charge in [-0.15, -0.1) is 0 Å². The zero-order valence-corrected chi connectivity index (χ0v) is 15.7. The number of rotatable bonds is 4. The summed E-state index contributed by atoms with van der Waals surface area (Å²) >= 11 is 0. The van der Waals surface area contributed by atoms with Crippen molar-refractivity contribution >= 4 is 11.8 Å². The maximum atomic E-state index is 12.8. The van der Waals surface area contributed by atoms with Crippen LogP contribution < -0.4 is 5.56 Å². The molecule has 0 unspecified atom stereocenters. The van der Waals surface area contributed by atoms with Gasteiger partial charge >= 0.3 is 0 Å². The fourth-order valence-electron chi connectivity index (χ4n) is 3.26. The molecule has 1 saturated heterocycles.